The number of halogens is 1. The molecule has 1 aromatic carbocycles. The van der Waals surface area contributed by atoms with Gasteiger partial charge in [0.05, 0.1) is 18.7 Å². The Balaban J connectivity index is 3.30. The van der Waals surface area contributed by atoms with Gasteiger partial charge < -0.3 is 14.7 Å². The fourth-order valence-corrected chi connectivity index (χ4v) is 2.01. The summed E-state index contributed by atoms with van der Waals surface area (Å²) in [6.07, 6.45) is 0. The summed E-state index contributed by atoms with van der Waals surface area (Å²) in [6.45, 7) is 2.24. The first-order chi connectivity index (χ1) is 7.15. The first-order valence-electron chi connectivity index (χ1n) is 4.42. The second kappa shape index (κ2) is 5.34. The number of hydrogen-bond donors (Lipinski definition) is 2. The Morgan fingerprint density at radius 3 is 2.53 bits per heavy atom. The van der Waals surface area contributed by atoms with Gasteiger partial charge in [0.15, 0.2) is 0 Å². The number of hydrogen-bond acceptors (Lipinski definition) is 4. The van der Waals surface area contributed by atoms with Crippen LogP contribution in [0.25, 0.3) is 0 Å². The van der Waals surface area contributed by atoms with Crippen LogP contribution < -0.4 is 15.0 Å². The smallest absolute Gasteiger partial charge is 0.138 e. The molecular weight excluding hydrogens is 262 g/mol. The van der Waals surface area contributed by atoms with Gasteiger partial charge in [0, 0.05) is 17.7 Å². The van der Waals surface area contributed by atoms with Gasteiger partial charge >= 0.3 is 0 Å². The van der Waals surface area contributed by atoms with Crippen LogP contribution in [0.2, 0.25) is 0 Å². The van der Waals surface area contributed by atoms with Crippen molar-refractivity contribution in [2.24, 2.45) is 0 Å². The quantitative estimate of drug-likeness (QED) is 0.828. The third-order valence-corrected chi connectivity index (χ3v) is 3.14. The Bertz CT molecular complexity index is 355. The molecule has 0 heterocycles. The van der Waals surface area contributed by atoms with Crippen molar-refractivity contribution in [3.05, 3.63) is 21.7 Å². The Hall–Kier alpha value is -0.780. The van der Waals surface area contributed by atoms with E-state index in [4.69, 9.17) is 14.7 Å². The highest BCUT2D eigenvalue weighted by molar-refractivity contribution is 9.10. The van der Waals surface area contributed by atoms with Crippen molar-refractivity contribution in [1.29, 1.82) is 0 Å². The molecule has 0 aliphatic heterocycles. The Kier molecular flexibility index (Phi) is 4.38. The van der Waals surface area contributed by atoms with Crippen LogP contribution in [0.5, 0.6) is 11.5 Å². The molecule has 84 valence electrons. The first kappa shape index (κ1) is 12.3. The van der Waals surface area contributed by atoms with Crippen LogP contribution in [0.4, 0.5) is 0 Å². The van der Waals surface area contributed by atoms with Crippen molar-refractivity contribution in [1.82, 2.24) is 5.48 Å². The van der Waals surface area contributed by atoms with E-state index in [1.807, 2.05) is 13.0 Å². The average molecular weight is 276 g/mol. The topological polar surface area (TPSA) is 50.7 Å². The average Bonchev–Trinajstić information content (AvgIpc) is 2.24. The molecule has 0 atom stereocenters. The molecule has 5 heteroatoms. The van der Waals surface area contributed by atoms with Gasteiger partial charge in [-0.25, -0.2) is 5.48 Å². The van der Waals surface area contributed by atoms with Crippen molar-refractivity contribution in [3.8, 4) is 11.5 Å². The van der Waals surface area contributed by atoms with Crippen molar-refractivity contribution >= 4 is 15.9 Å². The largest absolute Gasteiger partial charge is 0.496 e. The van der Waals surface area contributed by atoms with Gasteiger partial charge in [0.1, 0.15) is 11.5 Å². The van der Waals surface area contributed by atoms with Crippen molar-refractivity contribution in [2.75, 3.05) is 14.2 Å². The lowest BCUT2D eigenvalue weighted by Crippen LogP contribution is -2.08. The predicted molar refractivity (Wildman–Crippen MR) is 60.6 cm³/mol. The molecule has 1 rings (SSSR count). The van der Waals surface area contributed by atoms with Crippen LogP contribution in [0, 0.1) is 6.92 Å². The SMILES string of the molecule is COc1cc(CNO)c(OC)c(Br)c1C. The van der Waals surface area contributed by atoms with Crippen LogP contribution in [-0.2, 0) is 6.54 Å². The molecule has 15 heavy (non-hydrogen) atoms. The van der Waals surface area contributed by atoms with Gasteiger partial charge in [0.25, 0.3) is 0 Å². The van der Waals surface area contributed by atoms with E-state index in [1.165, 1.54) is 0 Å². The monoisotopic (exact) mass is 275 g/mol. The molecule has 0 radical (unpaired) electrons. The molecule has 2 N–H and O–H groups in total. The molecule has 0 aromatic heterocycles. The van der Waals surface area contributed by atoms with E-state index in [-0.39, 0.29) is 0 Å². The van der Waals surface area contributed by atoms with E-state index in [0.29, 0.717) is 12.3 Å². The summed E-state index contributed by atoms with van der Waals surface area (Å²) >= 11 is 3.44. The summed E-state index contributed by atoms with van der Waals surface area (Å²) in [4.78, 5) is 0. The zero-order valence-electron chi connectivity index (χ0n) is 8.93. The maximum absolute atomic E-state index is 8.70. The number of nitrogens with one attached hydrogen (secondary N) is 1. The fourth-order valence-electron chi connectivity index (χ4n) is 1.40. The van der Waals surface area contributed by atoms with E-state index in [0.717, 1.165) is 21.3 Å². The van der Waals surface area contributed by atoms with Gasteiger partial charge in [-0.05, 0) is 28.9 Å². The number of methoxy groups -OCH3 is 2. The highest BCUT2D eigenvalue weighted by atomic mass is 79.9. The van der Waals surface area contributed by atoms with Crippen molar-refractivity contribution in [2.45, 2.75) is 13.5 Å². The zero-order valence-corrected chi connectivity index (χ0v) is 10.5. The van der Waals surface area contributed by atoms with Gasteiger partial charge in [-0.3, -0.25) is 0 Å². The molecule has 0 saturated heterocycles. The summed E-state index contributed by atoms with van der Waals surface area (Å²) in [6, 6.07) is 1.84. The fraction of sp³-hybridized carbons (Fsp3) is 0.400. The summed E-state index contributed by atoms with van der Waals surface area (Å²) < 4.78 is 11.3. The summed E-state index contributed by atoms with van der Waals surface area (Å²) in [5.41, 5.74) is 3.90. The normalized spacial score (nSPS) is 10.2. The first-order valence-corrected chi connectivity index (χ1v) is 5.21. The molecule has 0 aliphatic carbocycles. The minimum Gasteiger partial charge on any atom is -0.496 e. The lowest BCUT2D eigenvalue weighted by Gasteiger charge is -2.15. The molecule has 4 nitrogen and oxygen atoms in total. The van der Waals surface area contributed by atoms with Crippen molar-refractivity contribution in [3.63, 3.8) is 0 Å². The van der Waals surface area contributed by atoms with Crippen LogP contribution >= 0.6 is 15.9 Å². The number of benzene rings is 1. The van der Waals surface area contributed by atoms with Crippen LogP contribution in [-0.4, -0.2) is 19.4 Å². The maximum Gasteiger partial charge on any atom is 0.138 e. The van der Waals surface area contributed by atoms with E-state index >= 15 is 0 Å². The van der Waals surface area contributed by atoms with E-state index < -0.39 is 0 Å². The molecule has 1 aromatic rings. The standard InChI is InChI=1S/C10H14BrNO3/c1-6-8(14-2)4-7(5-12-13)10(15-3)9(6)11/h4,12-13H,5H2,1-3H3. The Labute approximate surface area is 97.3 Å². The van der Waals surface area contributed by atoms with Crippen LogP contribution in [0.3, 0.4) is 0 Å². The van der Waals surface area contributed by atoms with E-state index in [9.17, 15) is 0 Å². The van der Waals surface area contributed by atoms with Crippen molar-refractivity contribution < 1.29 is 14.7 Å². The molecule has 0 aliphatic rings. The number of rotatable bonds is 4. The lowest BCUT2D eigenvalue weighted by atomic mass is 10.1. The summed E-state index contributed by atoms with van der Waals surface area (Å²) in [7, 11) is 3.20. The lowest BCUT2D eigenvalue weighted by molar-refractivity contribution is 0.160. The maximum atomic E-state index is 8.70. The minimum absolute atomic E-state index is 0.304. The predicted octanol–water partition coefficient (Wildman–Crippen LogP) is 2.25. The van der Waals surface area contributed by atoms with Gasteiger partial charge in [-0.1, -0.05) is 0 Å². The molecule has 0 fully saturated rings. The van der Waals surface area contributed by atoms with E-state index in [2.05, 4.69) is 21.4 Å². The highest BCUT2D eigenvalue weighted by Gasteiger charge is 2.14. The Morgan fingerprint density at radius 1 is 1.40 bits per heavy atom. The number of ether oxygens (including phenoxy) is 2. The van der Waals surface area contributed by atoms with Gasteiger partial charge in [0.2, 0.25) is 0 Å². The molecular formula is C10H14BrNO3. The Morgan fingerprint density at radius 2 is 2.07 bits per heavy atom. The number of hydroxylamine groups is 1. The molecule has 0 saturated carbocycles. The minimum atomic E-state index is 0.304. The molecule has 0 bridgehead atoms. The van der Waals surface area contributed by atoms with Gasteiger partial charge in [-0.2, -0.15) is 0 Å². The van der Waals surface area contributed by atoms with Crippen LogP contribution in [0.1, 0.15) is 11.1 Å². The second-order valence-corrected chi connectivity index (χ2v) is 3.84. The summed E-state index contributed by atoms with van der Waals surface area (Å²) in [5.74, 6) is 1.46. The molecule has 0 amide bonds. The van der Waals surface area contributed by atoms with Gasteiger partial charge in [-0.15, -0.1) is 0 Å². The third kappa shape index (κ3) is 2.42. The second-order valence-electron chi connectivity index (χ2n) is 3.05. The molecule has 0 spiro atoms. The van der Waals surface area contributed by atoms with E-state index in [1.54, 1.807) is 14.2 Å². The molecule has 0 unspecified atom stereocenters. The summed E-state index contributed by atoms with van der Waals surface area (Å²) in [5, 5.41) is 8.70. The third-order valence-electron chi connectivity index (χ3n) is 2.19. The zero-order chi connectivity index (χ0) is 11.4. The van der Waals surface area contributed by atoms with Crippen LogP contribution in [0.15, 0.2) is 10.5 Å². The highest BCUT2D eigenvalue weighted by Crippen LogP contribution is 2.37.